The summed E-state index contributed by atoms with van der Waals surface area (Å²) < 4.78 is 10.6. The van der Waals surface area contributed by atoms with Crippen molar-refractivity contribution in [3.63, 3.8) is 0 Å². The molecule has 1 aliphatic heterocycles. The predicted molar refractivity (Wildman–Crippen MR) is 116 cm³/mol. The van der Waals surface area contributed by atoms with Gasteiger partial charge < -0.3 is 19.5 Å². The van der Waals surface area contributed by atoms with E-state index in [1.807, 2.05) is 6.07 Å². The number of methoxy groups -OCH3 is 2. The van der Waals surface area contributed by atoms with E-state index in [4.69, 9.17) is 9.47 Å². The maximum absolute atomic E-state index is 13.1. The first-order valence-corrected chi connectivity index (χ1v) is 9.84. The van der Waals surface area contributed by atoms with Crippen LogP contribution in [0.4, 0.5) is 0 Å². The van der Waals surface area contributed by atoms with E-state index in [1.165, 1.54) is 19.1 Å². The molecule has 3 aromatic rings. The van der Waals surface area contributed by atoms with E-state index in [1.54, 1.807) is 61.2 Å². The van der Waals surface area contributed by atoms with Crippen LogP contribution in [0.3, 0.4) is 0 Å². The summed E-state index contributed by atoms with van der Waals surface area (Å²) in [6.07, 6.45) is 6.42. The molecule has 32 heavy (non-hydrogen) atoms. The van der Waals surface area contributed by atoms with Gasteiger partial charge in [-0.2, -0.15) is 0 Å². The Bertz CT molecular complexity index is 1180. The third-order valence-corrected chi connectivity index (χ3v) is 5.30. The molecular formula is C24H21N3O5. The lowest BCUT2D eigenvalue weighted by molar-refractivity contribution is -0.140. The number of aromatic nitrogens is 2. The molecule has 1 N–H and O–H groups in total. The van der Waals surface area contributed by atoms with Gasteiger partial charge in [0.25, 0.3) is 11.7 Å². The van der Waals surface area contributed by atoms with Gasteiger partial charge in [-0.15, -0.1) is 0 Å². The maximum Gasteiger partial charge on any atom is 0.295 e. The second kappa shape index (κ2) is 8.89. The van der Waals surface area contributed by atoms with Gasteiger partial charge in [0, 0.05) is 37.4 Å². The number of hydrogen-bond donors (Lipinski definition) is 1. The first kappa shape index (κ1) is 21.0. The third kappa shape index (κ3) is 3.78. The fourth-order valence-electron chi connectivity index (χ4n) is 3.76. The van der Waals surface area contributed by atoms with Gasteiger partial charge in [0.05, 0.1) is 31.4 Å². The second-order valence-electron chi connectivity index (χ2n) is 7.14. The summed E-state index contributed by atoms with van der Waals surface area (Å²) in [5, 5.41) is 11.2. The third-order valence-electron chi connectivity index (χ3n) is 5.30. The van der Waals surface area contributed by atoms with Crippen molar-refractivity contribution in [3.05, 3.63) is 89.5 Å². The number of ether oxygens (including phenoxy) is 2. The Morgan fingerprint density at radius 2 is 1.81 bits per heavy atom. The number of rotatable bonds is 6. The molecule has 0 bridgehead atoms. The lowest BCUT2D eigenvalue weighted by Crippen LogP contribution is -2.29. The standard InChI is InChI=1S/C24H21N3O5/c1-31-17-5-6-18(19(12-17)32-2)22(28)20-21(16-7-10-25-11-8-16)27(24(30)23(20)29)14-15-4-3-9-26-13-15/h3-13,21,28H,14H2,1-2H3/b22-20-. The lowest BCUT2D eigenvalue weighted by atomic mass is 9.95. The van der Waals surface area contributed by atoms with Crippen molar-refractivity contribution < 1.29 is 24.2 Å². The molecular weight excluding hydrogens is 410 g/mol. The minimum Gasteiger partial charge on any atom is -0.507 e. The molecule has 8 nitrogen and oxygen atoms in total. The van der Waals surface area contributed by atoms with Crippen LogP contribution in [0.15, 0.2) is 72.8 Å². The average Bonchev–Trinajstić information content (AvgIpc) is 3.09. The van der Waals surface area contributed by atoms with Crippen LogP contribution in [0.2, 0.25) is 0 Å². The summed E-state index contributed by atoms with van der Waals surface area (Å²) in [5.41, 5.74) is 1.67. The molecule has 3 heterocycles. The normalized spacial score (nSPS) is 17.4. The Morgan fingerprint density at radius 3 is 2.47 bits per heavy atom. The highest BCUT2D eigenvalue weighted by Gasteiger charge is 2.46. The van der Waals surface area contributed by atoms with E-state index in [0.29, 0.717) is 17.1 Å². The van der Waals surface area contributed by atoms with Crippen LogP contribution in [0, 0.1) is 0 Å². The predicted octanol–water partition coefficient (Wildman–Crippen LogP) is 3.12. The number of aliphatic hydroxyl groups excluding tert-OH is 1. The van der Waals surface area contributed by atoms with E-state index in [0.717, 1.165) is 5.56 Å². The first-order chi connectivity index (χ1) is 15.5. The zero-order valence-electron chi connectivity index (χ0n) is 17.6. The summed E-state index contributed by atoms with van der Waals surface area (Å²) in [7, 11) is 2.97. The highest BCUT2D eigenvalue weighted by atomic mass is 16.5. The monoisotopic (exact) mass is 431 g/mol. The summed E-state index contributed by atoms with van der Waals surface area (Å²) in [6, 6.07) is 11.0. The van der Waals surface area contributed by atoms with E-state index in [9.17, 15) is 14.7 Å². The van der Waals surface area contributed by atoms with Crippen molar-refractivity contribution in [1.29, 1.82) is 0 Å². The molecule has 1 aromatic carbocycles. The highest BCUT2D eigenvalue weighted by Crippen LogP contribution is 2.42. The number of nitrogens with zero attached hydrogens (tertiary/aromatic N) is 3. The number of carbonyl (C=O) groups is 2. The van der Waals surface area contributed by atoms with Gasteiger partial charge >= 0.3 is 0 Å². The zero-order chi connectivity index (χ0) is 22.7. The smallest absolute Gasteiger partial charge is 0.295 e. The Kier molecular flexibility index (Phi) is 5.85. The Balaban J connectivity index is 1.88. The molecule has 1 unspecified atom stereocenters. The number of likely N-dealkylation sites (tertiary alicyclic amines) is 1. The fraction of sp³-hybridized carbons (Fsp3) is 0.167. The number of hydrogen-bond acceptors (Lipinski definition) is 7. The summed E-state index contributed by atoms with van der Waals surface area (Å²) >= 11 is 0. The van der Waals surface area contributed by atoms with Crippen LogP contribution in [0.1, 0.15) is 22.7 Å². The van der Waals surface area contributed by atoms with Crippen molar-refractivity contribution in [3.8, 4) is 11.5 Å². The number of benzene rings is 1. The molecule has 1 amide bonds. The quantitative estimate of drug-likeness (QED) is 0.363. The Labute approximate surface area is 184 Å². The molecule has 1 aliphatic rings. The molecule has 1 fully saturated rings. The summed E-state index contributed by atoms with van der Waals surface area (Å²) in [4.78, 5) is 35.7. The van der Waals surface area contributed by atoms with Crippen LogP contribution in [-0.4, -0.2) is 45.9 Å². The van der Waals surface area contributed by atoms with Gasteiger partial charge in [0.2, 0.25) is 0 Å². The van der Waals surface area contributed by atoms with E-state index in [2.05, 4.69) is 9.97 Å². The van der Waals surface area contributed by atoms with Gasteiger partial charge in [-0.1, -0.05) is 6.07 Å². The Hall–Kier alpha value is -4.20. The Morgan fingerprint density at radius 1 is 1.03 bits per heavy atom. The lowest BCUT2D eigenvalue weighted by Gasteiger charge is -2.25. The van der Waals surface area contributed by atoms with Crippen molar-refractivity contribution in [2.75, 3.05) is 14.2 Å². The van der Waals surface area contributed by atoms with Crippen LogP contribution in [-0.2, 0) is 16.1 Å². The molecule has 162 valence electrons. The number of pyridine rings is 2. The number of aliphatic hydroxyl groups is 1. The van der Waals surface area contributed by atoms with E-state index >= 15 is 0 Å². The largest absolute Gasteiger partial charge is 0.507 e. The van der Waals surface area contributed by atoms with Crippen molar-refractivity contribution in [2.45, 2.75) is 12.6 Å². The molecule has 4 rings (SSSR count). The van der Waals surface area contributed by atoms with Crippen molar-refractivity contribution in [2.24, 2.45) is 0 Å². The summed E-state index contributed by atoms with van der Waals surface area (Å²) in [5.74, 6) is -0.955. The van der Waals surface area contributed by atoms with Crippen LogP contribution in [0.5, 0.6) is 11.5 Å². The molecule has 0 radical (unpaired) electrons. The van der Waals surface area contributed by atoms with Crippen molar-refractivity contribution in [1.82, 2.24) is 14.9 Å². The molecule has 2 aromatic heterocycles. The number of amides is 1. The molecule has 0 spiro atoms. The van der Waals surface area contributed by atoms with E-state index in [-0.39, 0.29) is 23.4 Å². The zero-order valence-corrected chi connectivity index (χ0v) is 17.6. The van der Waals surface area contributed by atoms with Gasteiger partial charge in [0.15, 0.2) is 0 Å². The average molecular weight is 431 g/mol. The fourth-order valence-corrected chi connectivity index (χ4v) is 3.76. The minimum absolute atomic E-state index is 0.0199. The van der Waals surface area contributed by atoms with Gasteiger partial charge in [0.1, 0.15) is 17.3 Å². The highest BCUT2D eigenvalue weighted by molar-refractivity contribution is 6.46. The van der Waals surface area contributed by atoms with E-state index < -0.39 is 17.7 Å². The van der Waals surface area contributed by atoms with Gasteiger partial charge in [-0.25, -0.2) is 0 Å². The van der Waals surface area contributed by atoms with Crippen LogP contribution in [0.25, 0.3) is 5.76 Å². The van der Waals surface area contributed by atoms with Crippen LogP contribution < -0.4 is 9.47 Å². The molecule has 1 saturated heterocycles. The number of carbonyl (C=O) groups excluding carboxylic acids is 2. The van der Waals surface area contributed by atoms with Gasteiger partial charge in [-0.05, 0) is 41.5 Å². The molecule has 0 saturated carbocycles. The molecule has 1 atom stereocenters. The topological polar surface area (TPSA) is 102 Å². The minimum atomic E-state index is -0.801. The van der Waals surface area contributed by atoms with Crippen molar-refractivity contribution >= 4 is 17.4 Å². The maximum atomic E-state index is 13.1. The first-order valence-electron chi connectivity index (χ1n) is 9.84. The van der Waals surface area contributed by atoms with Crippen LogP contribution >= 0.6 is 0 Å². The SMILES string of the molecule is COc1ccc(/C(O)=C2/C(=O)C(=O)N(Cc3cccnc3)C2c2ccncc2)c(OC)c1. The molecule has 8 heteroatoms. The second-order valence-corrected chi connectivity index (χ2v) is 7.14. The number of Topliss-reactive ketones (excluding diaryl/α,β-unsaturated/α-hetero) is 1. The number of ketones is 1. The van der Waals surface area contributed by atoms with Gasteiger partial charge in [-0.3, -0.25) is 19.6 Å². The molecule has 0 aliphatic carbocycles. The summed E-state index contributed by atoms with van der Waals surface area (Å²) in [6.45, 7) is 0.155.